The van der Waals surface area contributed by atoms with Gasteiger partial charge < -0.3 is 9.47 Å². The highest BCUT2D eigenvalue weighted by Crippen LogP contribution is 2.29. The molecule has 0 saturated heterocycles. The molecular formula is C19H21BrN2O2. The number of aromatic nitrogens is 1. The van der Waals surface area contributed by atoms with E-state index in [9.17, 15) is 9.59 Å². The number of carbonyl (C=O) groups excluding carboxylic acids is 1. The zero-order valence-electron chi connectivity index (χ0n) is 13.7. The highest BCUT2D eigenvalue weighted by atomic mass is 79.9. The highest BCUT2D eigenvalue weighted by Gasteiger charge is 2.32. The van der Waals surface area contributed by atoms with Crippen LogP contribution in [-0.2, 0) is 17.9 Å². The lowest BCUT2D eigenvalue weighted by atomic mass is 10.1. The van der Waals surface area contributed by atoms with Crippen molar-refractivity contribution in [3.05, 3.63) is 68.5 Å². The molecule has 24 heavy (non-hydrogen) atoms. The zero-order valence-corrected chi connectivity index (χ0v) is 15.3. The fraction of sp³-hybridized carbons (Fsp3) is 0.368. The molecule has 0 bridgehead atoms. The molecule has 0 atom stereocenters. The first-order chi connectivity index (χ1) is 11.5. The van der Waals surface area contributed by atoms with Crippen molar-refractivity contribution < 1.29 is 4.79 Å². The summed E-state index contributed by atoms with van der Waals surface area (Å²) in [5.74, 6) is 0.117. The van der Waals surface area contributed by atoms with Crippen LogP contribution in [0.25, 0.3) is 0 Å². The van der Waals surface area contributed by atoms with Crippen molar-refractivity contribution in [3.63, 3.8) is 0 Å². The van der Waals surface area contributed by atoms with E-state index in [2.05, 4.69) is 41.1 Å². The molecule has 5 heteroatoms. The van der Waals surface area contributed by atoms with E-state index in [0.29, 0.717) is 25.6 Å². The molecule has 3 rings (SSSR count). The standard InChI is InChI=1S/C19H21BrN2O2/c1-14-3-2-4-15(11-14)12-22(17-6-7-17)19(24)9-10-21-13-16(20)5-8-18(21)23/h2-5,8,11,13,17H,6-7,9-10,12H2,1H3. The van der Waals surface area contributed by atoms with Gasteiger partial charge in [-0.1, -0.05) is 29.8 Å². The van der Waals surface area contributed by atoms with Crippen molar-refractivity contribution >= 4 is 21.8 Å². The van der Waals surface area contributed by atoms with E-state index in [1.54, 1.807) is 16.8 Å². The first-order valence-corrected chi connectivity index (χ1v) is 9.03. The molecule has 0 unspecified atom stereocenters. The predicted molar refractivity (Wildman–Crippen MR) is 97.8 cm³/mol. The van der Waals surface area contributed by atoms with Crippen LogP contribution in [0.4, 0.5) is 0 Å². The van der Waals surface area contributed by atoms with Crippen molar-refractivity contribution in [2.24, 2.45) is 0 Å². The second-order valence-electron chi connectivity index (χ2n) is 6.37. The van der Waals surface area contributed by atoms with Crippen molar-refractivity contribution in [1.29, 1.82) is 0 Å². The van der Waals surface area contributed by atoms with Crippen LogP contribution in [0.15, 0.2) is 51.9 Å². The SMILES string of the molecule is Cc1cccc(CN(C(=O)CCn2cc(Br)ccc2=O)C2CC2)c1. The highest BCUT2D eigenvalue weighted by molar-refractivity contribution is 9.10. The summed E-state index contributed by atoms with van der Waals surface area (Å²) in [6, 6.07) is 11.9. The maximum atomic E-state index is 12.7. The van der Waals surface area contributed by atoms with Crippen molar-refractivity contribution in [2.45, 2.75) is 45.3 Å². The molecule has 1 heterocycles. The molecule has 2 aromatic rings. The number of halogens is 1. The minimum Gasteiger partial charge on any atom is -0.335 e. The van der Waals surface area contributed by atoms with Crippen molar-refractivity contribution in [1.82, 2.24) is 9.47 Å². The third kappa shape index (κ3) is 4.35. The summed E-state index contributed by atoms with van der Waals surface area (Å²) in [4.78, 5) is 26.5. The summed E-state index contributed by atoms with van der Waals surface area (Å²) >= 11 is 3.36. The Morgan fingerprint density at radius 3 is 2.79 bits per heavy atom. The first kappa shape index (κ1) is 17.0. The summed E-state index contributed by atoms with van der Waals surface area (Å²) in [6.07, 6.45) is 4.24. The predicted octanol–water partition coefficient (Wildman–Crippen LogP) is 3.50. The summed E-state index contributed by atoms with van der Waals surface area (Å²) in [5.41, 5.74) is 2.29. The molecule has 0 aliphatic heterocycles. The lowest BCUT2D eigenvalue weighted by Crippen LogP contribution is -2.34. The smallest absolute Gasteiger partial charge is 0.250 e. The molecule has 0 radical (unpaired) electrons. The Hall–Kier alpha value is -1.88. The maximum absolute atomic E-state index is 12.7. The molecule has 1 aliphatic rings. The summed E-state index contributed by atoms with van der Waals surface area (Å²) in [5, 5.41) is 0. The Bertz CT molecular complexity index is 796. The number of pyridine rings is 1. The molecule has 4 nitrogen and oxygen atoms in total. The Kier molecular flexibility index (Phi) is 5.19. The largest absolute Gasteiger partial charge is 0.335 e. The number of rotatable bonds is 6. The van der Waals surface area contributed by atoms with Gasteiger partial charge in [-0.15, -0.1) is 0 Å². The quantitative estimate of drug-likeness (QED) is 0.759. The van der Waals surface area contributed by atoms with E-state index < -0.39 is 0 Å². The molecule has 0 spiro atoms. The van der Waals surface area contributed by atoms with Gasteiger partial charge in [0.15, 0.2) is 0 Å². The zero-order chi connectivity index (χ0) is 17.1. The fourth-order valence-corrected chi connectivity index (χ4v) is 3.23. The van der Waals surface area contributed by atoms with Crippen LogP contribution in [0.3, 0.4) is 0 Å². The van der Waals surface area contributed by atoms with Gasteiger partial charge in [-0.25, -0.2) is 0 Å². The van der Waals surface area contributed by atoms with Crippen LogP contribution in [0, 0.1) is 6.92 Å². The van der Waals surface area contributed by atoms with Gasteiger partial charge in [0, 0.05) is 42.3 Å². The average molecular weight is 389 g/mol. The normalized spacial score (nSPS) is 13.8. The Morgan fingerprint density at radius 2 is 2.08 bits per heavy atom. The third-order valence-electron chi connectivity index (χ3n) is 4.26. The lowest BCUT2D eigenvalue weighted by Gasteiger charge is -2.23. The number of amides is 1. The van der Waals surface area contributed by atoms with E-state index in [1.807, 2.05) is 11.0 Å². The van der Waals surface area contributed by atoms with Crippen LogP contribution in [0.2, 0.25) is 0 Å². The van der Waals surface area contributed by atoms with Crippen LogP contribution in [0.1, 0.15) is 30.4 Å². The summed E-state index contributed by atoms with van der Waals surface area (Å²) in [7, 11) is 0. The third-order valence-corrected chi connectivity index (χ3v) is 4.73. The van der Waals surface area contributed by atoms with Gasteiger partial charge in [0.25, 0.3) is 5.56 Å². The number of benzene rings is 1. The van der Waals surface area contributed by atoms with Gasteiger partial charge in [0.2, 0.25) is 5.91 Å². The van der Waals surface area contributed by atoms with Gasteiger partial charge in [-0.05, 0) is 47.3 Å². The lowest BCUT2D eigenvalue weighted by molar-refractivity contribution is -0.132. The monoisotopic (exact) mass is 388 g/mol. The Labute approximate surface area is 150 Å². The number of hydrogen-bond donors (Lipinski definition) is 0. The molecular weight excluding hydrogens is 368 g/mol. The van der Waals surface area contributed by atoms with Crippen LogP contribution in [0.5, 0.6) is 0 Å². The molecule has 1 aromatic carbocycles. The van der Waals surface area contributed by atoms with E-state index in [4.69, 9.17) is 0 Å². The molecule has 1 amide bonds. The van der Waals surface area contributed by atoms with Gasteiger partial charge in [-0.2, -0.15) is 0 Å². The minimum absolute atomic E-state index is 0.0809. The maximum Gasteiger partial charge on any atom is 0.250 e. The second-order valence-corrected chi connectivity index (χ2v) is 7.29. The Morgan fingerprint density at radius 1 is 1.29 bits per heavy atom. The van der Waals surface area contributed by atoms with E-state index in [1.165, 1.54) is 11.6 Å². The molecule has 126 valence electrons. The van der Waals surface area contributed by atoms with Gasteiger partial charge in [0.1, 0.15) is 0 Å². The van der Waals surface area contributed by atoms with Crippen LogP contribution < -0.4 is 5.56 Å². The van der Waals surface area contributed by atoms with Gasteiger partial charge in [-0.3, -0.25) is 9.59 Å². The average Bonchev–Trinajstić information content (AvgIpc) is 3.38. The molecule has 1 fully saturated rings. The molecule has 1 aliphatic carbocycles. The summed E-state index contributed by atoms with van der Waals surface area (Å²) in [6.45, 7) is 3.12. The number of carbonyl (C=O) groups is 1. The second kappa shape index (κ2) is 7.34. The van der Waals surface area contributed by atoms with Crippen molar-refractivity contribution in [3.8, 4) is 0 Å². The van der Waals surface area contributed by atoms with E-state index in [-0.39, 0.29) is 11.5 Å². The molecule has 1 saturated carbocycles. The topological polar surface area (TPSA) is 42.3 Å². The molecule has 0 N–H and O–H groups in total. The van der Waals surface area contributed by atoms with E-state index >= 15 is 0 Å². The van der Waals surface area contributed by atoms with Crippen LogP contribution >= 0.6 is 15.9 Å². The van der Waals surface area contributed by atoms with E-state index in [0.717, 1.165) is 22.9 Å². The minimum atomic E-state index is -0.0809. The fourth-order valence-electron chi connectivity index (χ4n) is 2.85. The Balaban J connectivity index is 1.66. The van der Waals surface area contributed by atoms with Gasteiger partial charge >= 0.3 is 0 Å². The summed E-state index contributed by atoms with van der Waals surface area (Å²) < 4.78 is 2.42. The van der Waals surface area contributed by atoms with Crippen LogP contribution in [-0.4, -0.2) is 21.4 Å². The molecule has 1 aromatic heterocycles. The number of nitrogens with zero attached hydrogens (tertiary/aromatic N) is 2. The van der Waals surface area contributed by atoms with Gasteiger partial charge in [0.05, 0.1) is 0 Å². The number of hydrogen-bond acceptors (Lipinski definition) is 2. The number of aryl methyl sites for hydroxylation is 2. The first-order valence-electron chi connectivity index (χ1n) is 8.24. The van der Waals surface area contributed by atoms with Crippen molar-refractivity contribution in [2.75, 3.05) is 0 Å².